The summed E-state index contributed by atoms with van der Waals surface area (Å²) in [6.45, 7) is 3.25. The van der Waals surface area contributed by atoms with Gasteiger partial charge in [-0.15, -0.1) is 10.2 Å². The van der Waals surface area contributed by atoms with E-state index in [1.807, 2.05) is 6.92 Å². The van der Waals surface area contributed by atoms with Crippen molar-refractivity contribution < 1.29 is 8.42 Å². The summed E-state index contributed by atoms with van der Waals surface area (Å²) < 4.78 is 26.8. The molecule has 108 valence electrons. The third-order valence-corrected chi connectivity index (χ3v) is 4.92. The molecule has 20 heavy (non-hydrogen) atoms. The Morgan fingerprint density at radius 3 is 2.85 bits per heavy atom. The highest BCUT2D eigenvalue weighted by Gasteiger charge is 2.17. The maximum atomic E-state index is 12.2. The van der Waals surface area contributed by atoms with E-state index in [9.17, 15) is 8.42 Å². The Balaban J connectivity index is 2.27. The normalized spacial score (nSPS) is 11.5. The Labute approximate surface area is 126 Å². The smallest absolute Gasteiger partial charge is 0.263 e. The van der Waals surface area contributed by atoms with Crippen LogP contribution < -0.4 is 10.0 Å². The van der Waals surface area contributed by atoms with Crippen LogP contribution in [0.5, 0.6) is 0 Å². The van der Waals surface area contributed by atoms with Gasteiger partial charge in [-0.2, -0.15) is 0 Å². The molecule has 2 aromatic rings. The lowest BCUT2D eigenvalue weighted by Crippen LogP contribution is -2.15. The van der Waals surface area contributed by atoms with Gasteiger partial charge < -0.3 is 5.32 Å². The summed E-state index contributed by atoms with van der Waals surface area (Å²) in [7, 11) is -3.68. The molecule has 0 aliphatic carbocycles. The summed E-state index contributed by atoms with van der Waals surface area (Å²) in [4.78, 5) is 0.144. The highest BCUT2D eigenvalue weighted by atomic mass is 35.5. The van der Waals surface area contributed by atoms with Crippen LogP contribution >= 0.6 is 22.9 Å². The zero-order valence-corrected chi connectivity index (χ0v) is 13.0. The van der Waals surface area contributed by atoms with Crippen LogP contribution in [0.1, 0.15) is 12.5 Å². The molecular weight excluding hydrogens is 320 g/mol. The van der Waals surface area contributed by atoms with Crippen molar-refractivity contribution in [3.05, 3.63) is 34.3 Å². The zero-order valence-electron chi connectivity index (χ0n) is 10.6. The average molecular weight is 333 g/mol. The Morgan fingerprint density at radius 1 is 1.40 bits per heavy atom. The van der Waals surface area contributed by atoms with E-state index in [0.717, 1.165) is 23.4 Å². The first-order valence-electron chi connectivity index (χ1n) is 5.81. The van der Waals surface area contributed by atoms with E-state index in [2.05, 4.69) is 20.2 Å². The molecule has 0 saturated heterocycles. The van der Waals surface area contributed by atoms with Gasteiger partial charge in [-0.3, -0.25) is 4.72 Å². The molecule has 0 radical (unpaired) electrons. The number of anilines is 1. The number of hydrogen-bond donors (Lipinski definition) is 2. The highest BCUT2D eigenvalue weighted by molar-refractivity contribution is 7.93. The molecule has 2 N–H and O–H groups in total. The minimum atomic E-state index is -3.68. The van der Waals surface area contributed by atoms with Crippen molar-refractivity contribution in [1.82, 2.24) is 15.5 Å². The third-order valence-electron chi connectivity index (χ3n) is 2.47. The first kappa shape index (κ1) is 15.2. The van der Waals surface area contributed by atoms with Gasteiger partial charge in [0.15, 0.2) is 0 Å². The van der Waals surface area contributed by atoms with Gasteiger partial charge in [-0.1, -0.05) is 29.9 Å². The Bertz CT molecular complexity index is 674. The molecule has 0 aliphatic heterocycles. The van der Waals surface area contributed by atoms with Crippen molar-refractivity contribution in [2.75, 3.05) is 11.3 Å². The third kappa shape index (κ3) is 3.66. The van der Waals surface area contributed by atoms with Crippen LogP contribution in [0, 0.1) is 0 Å². The van der Waals surface area contributed by atoms with Gasteiger partial charge in [0.2, 0.25) is 5.13 Å². The quantitative estimate of drug-likeness (QED) is 0.846. The lowest BCUT2D eigenvalue weighted by Gasteiger charge is -2.09. The van der Waals surface area contributed by atoms with Crippen LogP contribution in [0.15, 0.2) is 28.6 Å². The monoisotopic (exact) mass is 332 g/mol. The number of aromatic nitrogens is 2. The van der Waals surface area contributed by atoms with E-state index in [4.69, 9.17) is 11.6 Å². The van der Waals surface area contributed by atoms with Gasteiger partial charge in [-0.05, 0) is 30.3 Å². The van der Waals surface area contributed by atoms with Crippen LogP contribution in [0.3, 0.4) is 0 Å². The average Bonchev–Trinajstić information content (AvgIpc) is 2.89. The Morgan fingerprint density at radius 2 is 2.20 bits per heavy atom. The molecule has 0 aliphatic rings. The second-order valence-electron chi connectivity index (χ2n) is 3.88. The predicted molar refractivity (Wildman–Crippen MR) is 79.6 cm³/mol. The van der Waals surface area contributed by atoms with Crippen molar-refractivity contribution in [1.29, 1.82) is 0 Å². The molecule has 0 fully saturated rings. The number of nitrogens with zero attached hydrogens (tertiary/aromatic N) is 2. The van der Waals surface area contributed by atoms with Crippen LogP contribution in [-0.4, -0.2) is 25.2 Å². The molecule has 1 heterocycles. The highest BCUT2D eigenvalue weighted by Crippen LogP contribution is 2.22. The molecule has 0 amide bonds. The molecule has 9 heteroatoms. The molecule has 1 aromatic heterocycles. The number of sulfonamides is 1. The van der Waals surface area contributed by atoms with E-state index in [1.54, 1.807) is 12.1 Å². The van der Waals surface area contributed by atoms with Gasteiger partial charge in [0.1, 0.15) is 5.51 Å². The topological polar surface area (TPSA) is 84.0 Å². The fraction of sp³-hybridized carbons (Fsp3) is 0.273. The molecule has 0 bridgehead atoms. The molecule has 0 saturated carbocycles. The second-order valence-corrected chi connectivity index (χ2v) is 6.81. The van der Waals surface area contributed by atoms with Crippen molar-refractivity contribution in [2.45, 2.75) is 18.4 Å². The number of hydrogen-bond acceptors (Lipinski definition) is 6. The SMILES string of the molecule is CCNCc1cc(S(=O)(=O)Nc2nncs2)ccc1Cl. The summed E-state index contributed by atoms with van der Waals surface area (Å²) in [5.74, 6) is 0. The molecule has 2 rings (SSSR count). The van der Waals surface area contributed by atoms with Crippen LogP contribution in [0.2, 0.25) is 5.02 Å². The lowest BCUT2D eigenvalue weighted by atomic mass is 10.2. The van der Waals surface area contributed by atoms with Crippen molar-refractivity contribution in [3.8, 4) is 0 Å². The summed E-state index contributed by atoms with van der Waals surface area (Å²) in [6, 6.07) is 4.58. The number of benzene rings is 1. The van der Waals surface area contributed by atoms with E-state index >= 15 is 0 Å². The fourth-order valence-corrected chi connectivity index (χ4v) is 3.43. The van der Waals surface area contributed by atoms with Crippen molar-refractivity contribution in [2.24, 2.45) is 0 Å². The first-order valence-corrected chi connectivity index (χ1v) is 8.55. The molecule has 0 spiro atoms. The van der Waals surface area contributed by atoms with Gasteiger partial charge in [0, 0.05) is 11.6 Å². The van der Waals surface area contributed by atoms with Gasteiger partial charge in [0.25, 0.3) is 10.0 Å². The number of rotatable bonds is 6. The van der Waals surface area contributed by atoms with E-state index in [1.165, 1.54) is 11.6 Å². The van der Waals surface area contributed by atoms with Gasteiger partial charge in [0.05, 0.1) is 4.90 Å². The molecular formula is C11H13ClN4O2S2. The zero-order chi connectivity index (χ0) is 14.6. The fourth-order valence-electron chi connectivity index (χ4n) is 1.50. The molecule has 1 aromatic carbocycles. The Hall–Kier alpha value is -1.22. The minimum absolute atomic E-state index is 0.144. The van der Waals surface area contributed by atoms with Crippen LogP contribution in [0.4, 0.5) is 5.13 Å². The van der Waals surface area contributed by atoms with Gasteiger partial charge in [-0.25, -0.2) is 8.42 Å². The molecule has 0 unspecified atom stereocenters. The van der Waals surface area contributed by atoms with Crippen LogP contribution in [0.25, 0.3) is 0 Å². The second kappa shape index (κ2) is 6.49. The van der Waals surface area contributed by atoms with Crippen LogP contribution in [-0.2, 0) is 16.6 Å². The van der Waals surface area contributed by atoms with E-state index in [0.29, 0.717) is 11.6 Å². The summed E-state index contributed by atoms with van der Waals surface area (Å²) >= 11 is 7.16. The summed E-state index contributed by atoms with van der Waals surface area (Å²) in [6.07, 6.45) is 0. The van der Waals surface area contributed by atoms with Crippen molar-refractivity contribution in [3.63, 3.8) is 0 Å². The predicted octanol–water partition coefficient (Wildman–Crippen LogP) is 2.10. The standard InChI is InChI=1S/C11H13ClN4O2S2/c1-2-13-6-8-5-9(3-4-10(8)12)20(17,18)16-11-15-14-7-19-11/h3-5,7,13H,2,6H2,1H3,(H,15,16). The maximum absolute atomic E-state index is 12.2. The first-order chi connectivity index (χ1) is 9.53. The van der Waals surface area contributed by atoms with Crippen molar-refractivity contribution >= 4 is 38.1 Å². The maximum Gasteiger partial charge on any atom is 0.263 e. The van der Waals surface area contributed by atoms with Gasteiger partial charge >= 0.3 is 0 Å². The summed E-state index contributed by atoms with van der Waals surface area (Å²) in [5.41, 5.74) is 2.18. The van der Waals surface area contributed by atoms with E-state index < -0.39 is 10.0 Å². The molecule has 6 nitrogen and oxygen atoms in total. The summed E-state index contributed by atoms with van der Waals surface area (Å²) in [5, 5.41) is 11.1. The number of halogens is 1. The largest absolute Gasteiger partial charge is 0.313 e. The number of nitrogens with one attached hydrogen (secondary N) is 2. The minimum Gasteiger partial charge on any atom is -0.313 e. The Kier molecular flexibility index (Phi) is 4.92. The van der Waals surface area contributed by atoms with E-state index in [-0.39, 0.29) is 10.0 Å². The lowest BCUT2D eigenvalue weighted by molar-refractivity contribution is 0.601. The molecule has 0 atom stereocenters.